The number of halogens is 1. The van der Waals surface area contributed by atoms with Crippen molar-refractivity contribution in [1.82, 2.24) is 10.2 Å². The van der Waals surface area contributed by atoms with Gasteiger partial charge in [-0.15, -0.1) is 0 Å². The highest BCUT2D eigenvalue weighted by Crippen LogP contribution is 2.15. The third-order valence-electron chi connectivity index (χ3n) is 3.62. The molecule has 0 spiro atoms. The Balaban J connectivity index is 2.03. The number of amides is 1. The number of primary amides is 1. The highest BCUT2D eigenvalue weighted by molar-refractivity contribution is 6.30. The largest absolute Gasteiger partial charge is 0.368 e. The first-order valence-electron chi connectivity index (χ1n) is 6.58. The molecule has 104 valence electrons. The monoisotopic (exact) mass is 281 g/mol. The zero-order chi connectivity index (χ0) is 13.8. The third kappa shape index (κ3) is 3.69. The lowest BCUT2D eigenvalue weighted by atomic mass is 10.0. The third-order valence-corrected chi connectivity index (χ3v) is 3.88. The van der Waals surface area contributed by atoms with Gasteiger partial charge in [-0.1, -0.05) is 23.7 Å². The average Bonchev–Trinajstić information content (AvgIpc) is 2.41. The van der Waals surface area contributed by atoms with Gasteiger partial charge in [0, 0.05) is 30.7 Å². The molecule has 1 saturated heterocycles. The minimum Gasteiger partial charge on any atom is -0.368 e. The summed E-state index contributed by atoms with van der Waals surface area (Å²) in [6.45, 7) is 4.52. The van der Waals surface area contributed by atoms with Crippen LogP contribution in [0.15, 0.2) is 24.3 Å². The predicted molar refractivity (Wildman–Crippen MR) is 77.2 cm³/mol. The second-order valence-corrected chi connectivity index (χ2v) is 5.48. The quantitative estimate of drug-likeness (QED) is 0.867. The molecule has 1 aromatic carbocycles. The smallest absolute Gasteiger partial charge is 0.236 e. The van der Waals surface area contributed by atoms with E-state index >= 15 is 0 Å². The fourth-order valence-electron chi connectivity index (χ4n) is 2.59. The van der Waals surface area contributed by atoms with Crippen LogP contribution in [0, 0.1) is 0 Å². The summed E-state index contributed by atoms with van der Waals surface area (Å²) in [4.78, 5) is 13.7. The normalized spacial score (nSPS) is 22.1. The zero-order valence-corrected chi connectivity index (χ0v) is 11.9. The summed E-state index contributed by atoms with van der Waals surface area (Å²) in [5.74, 6) is -0.254. The second-order valence-electron chi connectivity index (χ2n) is 5.04. The molecule has 4 nitrogen and oxygen atoms in total. The minimum atomic E-state index is -0.254. The lowest BCUT2D eigenvalue weighted by Gasteiger charge is -2.38. The van der Waals surface area contributed by atoms with Crippen LogP contribution < -0.4 is 11.1 Å². The molecule has 0 aromatic heterocycles. The Morgan fingerprint density at radius 1 is 1.53 bits per heavy atom. The Morgan fingerprint density at radius 2 is 2.21 bits per heavy atom. The molecule has 0 aliphatic carbocycles. The Morgan fingerprint density at radius 3 is 2.84 bits per heavy atom. The summed E-state index contributed by atoms with van der Waals surface area (Å²) in [5, 5.41) is 3.96. The first kappa shape index (κ1) is 14.3. The van der Waals surface area contributed by atoms with E-state index in [0.717, 1.165) is 24.5 Å². The van der Waals surface area contributed by atoms with Gasteiger partial charge >= 0.3 is 0 Å². The molecule has 1 aliphatic rings. The standard InChI is InChI=1S/C14H20ClN3O/c1-10(8-11-2-4-12(15)5-3-11)18-7-6-17-9-13(18)14(16)19/h2-5,10,13,17H,6-9H2,1H3,(H2,16,19). The Hall–Kier alpha value is -1.10. The summed E-state index contributed by atoms with van der Waals surface area (Å²) in [6.07, 6.45) is 0.890. The van der Waals surface area contributed by atoms with Crippen LogP contribution in [-0.4, -0.2) is 42.5 Å². The van der Waals surface area contributed by atoms with Crippen LogP contribution in [0.25, 0.3) is 0 Å². The maximum Gasteiger partial charge on any atom is 0.236 e. The summed E-state index contributed by atoms with van der Waals surface area (Å²) in [6, 6.07) is 7.91. The van der Waals surface area contributed by atoms with Gasteiger partial charge < -0.3 is 11.1 Å². The van der Waals surface area contributed by atoms with Gasteiger partial charge in [-0.3, -0.25) is 9.69 Å². The summed E-state index contributed by atoms with van der Waals surface area (Å²) < 4.78 is 0. The van der Waals surface area contributed by atoms with E-state index in [1.807, 2.05) is 24.3 Å². The van der Waals surface area contributed by atoms with E-state index in [1.165, 1.54) is 5.56 Å². The number of nitrogens with zero attached hydrogens (tertiary/aromatic N) is 1. The number of nitrogens with one attached hydrogen (secondary N) is 1. The van der Waals surface area contributed by atoms with Crippen LogP contribution >= 0.6 is 11.6 Å². The average molecular weight is 282 g/mol. The van der Waals surface area contributed by atoms with Gasteiger partial charge in [0.05, 0.1) is 0 Å². The molecule has 5 heteroatoms. The molecular formula is C14H20ClN3O. The molecule has 2 unspecified atom stereocenters. The number of hydrogen-bond donors (Lipinski definition) is 2. The fourth-order valence-corrected chi connectivity index (χ4v) is 2.72. The van der Waals surface area contributed by atoms with Crippen LogP contribution in [0.1, 0.15) is 12.5 Å². The Bertz CT molecular complexity index is 435. The molecule has 3 N–H and O–H groups in total. The molecule has 0 saturated carbocycles. The molecule has 2 atom stereocenters. The van der Waals surface area contributed by atoms with E-state index in [9.17, 15) is 4.79 Å². The van der Waals surface area contributed by atoms with Crippen molar-refractivity contribution < 1.29 is 4.79 Å². The van der Waals surface area contributed by atoms with Gasteiger partial charge in [0.15, 0.2) is 0 Å². The first-order chi connectivity index (χ1) is 9.08. The van der Waals surface area contributed by atoms with Crippen LogP contribution in [0.5, 0.6) is 0 Å². The number of piperazine rings is 1. The molecule has 0 radical (unpaired) electrons. The van der Waals surface area contributed by atoms with Gasteiger partial charge in [-0.05, 0) is 31.0 Å². The molecule has 1 aliphatic heterocycles. The van der Waals surface area contributed by atoms with E-state index in [2.05, 4.69) is 17.1 Å². The van der Waals surface area contributed by atoms with E-state index in [1.54, 1.807) is 0 Å². The van der Waals surface area contributed by atoms with Crippen molar-refractivity contribution in [3.05, 3.63) is 34.9 Å². The maximum absolute atomic E-state index is 11.5. The van der Waals surface area contributed by atoms with Crippen LogP contribution in [0.2, 0.25) is 5.02 Å². The molecule has 0 bridgehead atoms. The summed E-state index contributed by atoms with van der Waals surface area (Å²) >= 11 is 5.88. The van der Waals surface area contributed by atoms with Crippen molar-refractivity contribution in [2.45, 2.75) is 25.4 Å². The van der Waals surface area contributed by atoms with Gasteiger partial charge in [0.2, 0.25) is 5.91 Å². The van der Waals surface area contributed by atoms with Crippen molar-refractivity contribution in [2.75, 3.05) is 19.6 Å². The Labute approximate surface area is 118 Å². The minimum absolute atomic E-state index is 0.212. The molecule has 1 fully saturated rings. The van der Waals surface area contributed by atoms with Gasteiger partial charge in [-0.2, -0.15) is 0 Å². The van der Waals surface area contributed by atoms with Crippen LogP contribution in [0.3, 0.4) is 0 Å². The number of carbonyl (C=O) groups is 1. The first-order valence-corrected chi connectivity index (χ1v) is 6.96. The number of carbonyl (C=O) groups excluding carboxylic acids is 1. The zero-order valence-electron chi connectivity index (χ0n) is 11.1. The highest BCUT2D eigenvalue weighted by atomic mass is 35.5. The molecule has 1 heterocycles. The second kappa shape index (κ2) is 6.37. The lowest BCUT2D eigenvalue weighted by Crippen LogP contribution is -2.59. The number of rotatable bonds is 4. The number of nitrogens with two attached hydrogens (primary N) is 1. The number of hydrogen-bond acceptors (Lipinski definition) is 3. The fraction of sp³-hybridized carbons (Fsp3) is 0.500. The maximum atomic E-state index is 11.5. The molecular weight excluding hydrogens is 262 g/mol. The predicted octanol–water partition coefficient (Wildman–Crippen LogP) is 1.03. The Kier molecular flexibility index (Phi) is 4.80. The van der Waals surface area contributed by atoms with Crippen molar-refractivity contribution in [2.24, 2.45) is 5.73 Å². The van der Waals surface area contributed by atoms with Gasteiger partial charge in [-0.25, -0.2) is 0 Å². The van der Waals surface area contributed by atoms with Crippen molar-refractivity contribution >= 4 is 17.5 Å². The lowest BCUT2D eigenvalue weighted by molar-refractivity contribution is -0.124. The van der Waals surface area contributed by atoms with Crippen molar-refractivity contribution in [3.8, 4) is 0 Å². The van der Waals surface area contributed by atoms with E-state index < -0.39 is 0 Å². The number of benzene rings is 1. The van der Waals surface area contributed by atoms with E-state index in [0.29, 0.717) is 6.54 Å². The van der Waals surface area contributed by atoms with Crippen LogP contribution in [-0.2, 0) is 11.2 Å². The van der Waals surface area contributed by atoms with Gasteiger partial charge in [0.25, 0.3) is 0 Å². The van der Waals surface area contributed by atoms with Gasteiger partial charge in [0.1, 0.15) is 6.04 Å². The van der Waals surface area contributed by atoms with Crippen molar-refractivity contribution in [1.29, 1.82) is 0 Å². The van der Waals surface area contributed by atoms with Crippen LogP contribution in [0.4, 0.5) is 0 Å². The molecule has 1 aromatic rings. The highest BCUT2D eigenvalue weighted by Gasteiger charge is 2.30. The summed E-state index contributed by atoms with van der Waals surface area (Å²) in [7, 11) is 0. The molecule has 2 rings (SSSR count). The van der Waals surface area contributed by atoms with Crippen molar-refractivity contribution in [3.63, 3.8) is 0 Å². The van der Waals surface area contributed by atoms with E-state index in [-0.39, 0.29) is 18.0 Å². The topological polar surface area (TPSA) is 58.4 Å². The van der Waals surface area contributed by atoms with E-state index in [4.69, 9.17) is 17.3 Å². The molecule has 1 amide bonds. The SMILES string of the molecule is CC(Cc1ccc(Cl)cc1)N1CCNCC1C(N)=O. The molecule has 19 heavy (non-hydrogen) atoms. The summed E-state index contributed by atoms with van der Waals surface area (Å²) in [5.41, 5.74) is 6.69.